The number of para-hydroxylation sites is 2. The molecule has 1 amide bonds. The van der Waals surface area contributed by atoms with E-state index in [0.717, 1.165) is 4.57 Å². The Hall–Kier alpha value is -3.47. The molecule has 0 aliphatic heterocycles. The van der Waals surface area contributed by atoms with Gasteiger partial charge in [-0.05, 0) is 43.3 Å². The molecule has 2 atom stereocenters. The highest BCUT2D eigenvalue weighted by molar-refractivity contribution is 5.81. The number of imidazole rings is 1. The van der Waals surface area contributed by atoms with E-state index in [4.69, 9.17) is 10.00 Å². The van der Waals surface area contributed by atoms with Crippen LogP contribution in [0.5, 0.6) is 5.75 Å². The molecule has 0 bridgehead atoms. The molecule has 150 valence electrons. The number of amides is 1. The minimum atomic E-state index is -2.73. The molecule has 8 heteroatoms. The van der Waals surface area contributed by atoms with Gasteiger partial charge in [-0.15, -0.1) is 0 Å². The number of ether oxygens (including phenoxy) is 1. The Morgan fingerprint density at radius 2 is 1.90 bits per heavy atom. The third-order valence-corrected chi connectivity index (χ3v) is 4.51. The van der Waals surface area contributed by atoms with Gasteiger partial charge in [0.1, 0.15) is 11.6 Å². The largest absolute Gasteiger partial charge is 0.481 e. The van der Waals surface area contributed by atoms with Gasteiger partial charge in [0.2, 0.25) is 0 Å². The first-order chi connectivity index (χ1) is 13.9. The topological polar surface area (TPSA) is 79.9 Å². The van der Waals surface area contributed by atoms with Crippen LogP contribution in [0.15, 0.2) is 48.5 Å². The van der Waals surface area contributed by atoms with E-state index in [1.807, 2.05) is 6.07 Å². The number of aromatic nitrogens is 2. The van der Waals surface area contributed by atoms with E-state index in [0.29, 0.717) is 22.3 Å². The summed E-state index contributed by atoms with van der Waals surface area (Å²) >= 11 is 0. The molecule has 0 saturated carbocycles. The summed E-state index contributed by atoms with van der Waals surface area (Å²) in [6, 6.07) is 15.1. The monoisotopic (exact) mass is 398 g/mol. The third kappa shape index (κ3) is 4.51. The van der Waals surface area contributed by atoms with Crippen LogP contribution in [-0.2, 0) is 4.79 Å². The van der Waals surface area contributed by atoms with Crippen molar-refractivity contribution in [1.82, 2.24) is 14.9 Å². The number of fused-ring (bicyclic) bond motifs is 1. The molecule has 3 aromatic rings. The first-order valence-corrected chi connectivity index (χ1v) is 9.10. The quantitative estimate of drug-likeness (QED) is 0.653. The van der Waals surface area contributed by atoms with Crippen LogP contribution < -0.4 is 10.1 Å². The minimum absolute atomic E-state index is 0.135. The van der Waals surface area contributed by atoms with Crippen LogP contribution in [0, 0.1) is 11.3 Å². The molecule has 0 saturated heterocycles. The Balaban J connectivity index is 1.64. The molecule has 1 aromatic heterocycles. The zero-order valence-electron chi connectivity index (χ0n) is 16.0. The summed E-state index contributed by atoms with van der Waals surface area (Å²) in [5.41, 5.74) is 1.33. The third-order valence-electron chi connectivity index (χ3n) is 4.51. The fourth-order valence-corrected chi connectivity index (χ4v) is 2.97. The number of alkyl halides is 2. The Morgan fingerprint density at radius 1 is 1.21 bits per heavy atom. The SMILES string of the molecule is C[C@@H](Oc1ccc(C#N)cc1)C(=O)NC[C@H](C)c1nc2ccccc2n1C(F)F. The summed E-state index contributed by atoms with van der Waals surface area (Å²) in [6.45, 7) is 0.726. The number of benzene rings is 2. The van der Waals surface area contributed by atoms with Crippen LogP contribution in [0.3, 0.4) is 0 Å². The summed E-state index contributed by atoms with van der Waals surface area (Å²) in [4.78, 5) is 16.6. The molecule has 0 fully saturated rings. The molecule has 0 aliphatic rings. The van der Waals surface area contributed by atoms with E-state index in [1.54, 1.807) is 62.4 Å². The van der Waals surface area contributed by atoms with Crippen molar-refractivity contribution in [3.05, 3.63) is 59.9 Å². The normalized spacial score (nSPS) is 13.1. The molecule has 6 nitrogen and oxygen atoms in total. The summed E-state index contributed by atoms with van der Waals surface area (Å²) in [6.07, 6.45) is -0.788. The standard InChI is InChI=1S/C21H20F2N4O2/c1-13(19-26-17-5-3-4-6-18(17)27(19)21(22)23)12-25-20(28)14(2)29-16-9-7-15(11-24)8-10-16/h3-10,13-14,21H,12H2,1-2H3,(H,25,28)/t13-,14+/m0/s1. The number of halogens is 2. The fraction of sp³-hybridized carbons (Fsp3) is 0.286. The van der Waals surface area contributed by atoms with Gasteiger partial charge in [0.05, 0.1) is 22.7 Å². The molecule has 0 unspecified atom stereocenters. The van der Waals surface area contributed by atoms with E-state index >= 15 is 0 Å². The van der Waals surface area contributed by atoms with Crippen molar-refractivity contribution in [2.24, 2.45) is 0 Å². The smallest absolute Gasteiger partial charge is 0.320 e. The van der Waals surface area contributed by atoms with Crippen molar-refractivity contribution in [3.8, 4) is 11.8 Å². The van der Waals surface area contributed by atoms with Crippen LogP contribution >= 0.6 is 0 Å². The van der Waals surface area contributed by atoms with Crippen LogP contribution in [0.2, 0.25) is 0 Å². The zero-order chi connectivity index (χ0) is 21.0. The second kappa shape index (κ2) is 8.69. The molecular weight excluding hydrogens is 378 g/mol. The average molecular weight is 398 g/mol. The highest BCUT2D eigenvalue weighted by Crippen LogP contribution is 2.27. The molecule has 1 heterocycles. The van der Waals surface area contributed by atoms with Crippen molar-refractivity contribution >= 4 is 16.9 Å². The molecule has 2 aromatic carbocycles. The molecule has 29 heavy (non-hydrogen) atoms. The van der Waals surface area contributed by atoms with Gasteiger partial charge < -0.3 is 10.1 Å². The van der Waals surface area contributed by atoms with E-state index < -0.39 is 18.6 Å². The average Bonchev–Trinajstić information content (AvgIpc) is 3.12. The van der Waals surface area contributed by atoms with Gasteiger partial charge in [0.25, 0.3) is 5.91 Å². The number of rotatable bonds is 7. The lowest BCUT2D eigenvalue weighted by Gasteiger charge is -2.18. The number of nitriles is 1. The van der Waals surface area contributed by atoms with Crippen LogP contribution in [0.25, 0.3) is 11.0 Å². The van der Waals surface area contributed by atoms with E-state index in [9.17, 15) is 13.6 Å². The lowest BCUT2D eigenvalue weighted by Crippen LogP contribution is -2.38. The number of nitrogens with one attached hydrogen (secondary N) is 1. The minimum Gasteiger partial charge on any atom is -0.481 e. The number of carbonyl (C=O) groups excluding carboxylic acids is 1. The first kappa shape index (κ1) is 20.3. The maximum atomic E-state index is 13.6. The Bertz CT molecular complexity index is 1040. The fourth-order valence-electron chi connectivity index (χ4n) is 2.97. The van der Waals surface area contributed by atoms with Crippen molar-refractivity contribution in [1.29, 1.82) is 5.26 Å². The summed E-state index contributed by atoms with van der Waals surface area (Å²) < 4.78 is 33.6. The number of carbonyl (C=O) groups is 1. The molecule has 0 aliphatic carbocycles. The lowest BCUT2D eigenvalue weighted by atomic mass is 10.1. The maximum absolute atomic E-state index is 13.6. The Kier molecular flexibility index (Phi) is 6.07. The summed E-state index contributed by atoms with van der Waals surface area (Å²) in [7, 11) is 0. The summed E-state index contributed by atoms with van der Waals surface area (Å²) in [5, 5.41) is 11.5. The highest BCUT2D eigenvalue weighted by Gasteiger charge is 2.23. The highest BCUT2D eigenvalue weighted by atomic mass is 19.3. The van der Waals surface area contributed by atoms with Gasteiger partial charge >= 0.3 is 6.55 Å². The maximum Gasteiger partial charge on any atom is 0.320 e. The van der Waals surface area contributed by atoms with E-state index in [-0.39, 0.29) is 18.3 Å². The van der Waals surface area contributed by atoms with E-state index in [1.165, 1.54) is 0 Å². The second-order valence-corrected chi connectivity index (χ2v) is 6.65. The van der Waals surface area contributed by atoms with Gasteiger partial charge in [-0.2, -0.15) is 14.0 Å². The number of nitrogens with zero attached hydrogens (tertiary/aromatic N) is 3. The molecule has 0 radical (unpaired) electrons. The predicted octanol–water partition coefficient (Wildman–Crippen LogP) is 3.99. The number of hydrogen-bond donors (Lipinski definition) is 1. The molecule has 1 N–H and O–H groups in total. The summed E-state index contributed by atoms with van der Waals surface area (Å²) in [5.74, 6) is -0.135. The number of hydrogen-bond acceptors (Lipinski definition) is 4. The van der Waals surface area contributed by atoms with Crippen LogP contribution in [-0.4, -0.2) is 28.1 Å². The zero-order valence-corrected chi connectivity index (χ0v) is 16.0. The lowest BCUT2D eigenvalue weighted by molar-refractivity contribution is -0.127. The Labute approximate surface area is 166 Å². The first-order valence-electron chi connectivity index (χ1n) is 9.10. The predicted molar refractivity (Wildman–Crippen MR) is 104 cm³/mol. The van der Waals surface area contributed by atoms with Crippen molar-refractivity contribution in [3.63, 3.8) is 0 Å². The van der Waals surface area contributed by atoms with Gasteiger partial charge in [-0.25, -0.2) is 4.98 Å². The van der Waals surface area contributed by atoms with Crippen molar-refractivity contribution in [2.75, 3.05) is 6.54 Å². The van der Waals surface area contributed by atoms with Gasteiger partial charge in [-0.1, -0.05) is 19.1 Å². The van der Waals surface area contributed by atoms with Gasteiger partial charge in [0, 0.05) is 12.5 Å². The van der Waals surface area contributed by atoms with Gasteiger partial charge in [-0.3, -0.25) is 9.36 Å². The second-order valence-electron chi connectivity index (χ2n) is 6.65. The van der Waals surface area contributed by atoms with Crippen molar-refractivity contribution < 1.29 is 18.3 Å². The molecule has 0 spiro atoms. The van der Waals surface area contributed by atoms with Crippen molar-refractivity contribution in [2.45, 2.75) is 32.4 Å². The Morgan fingerprint density at radius 3 is 2.55 bits per heavy atom. The molecular formula is C21H20F2N4O2. The van der Waals surface area contributed by atoms with E-state index in [2.05, 4.69) is 10.3 Å². The molecule has 3 rings (SSSR count). The van der Waals surface area contributed by atoms with Gasteiger partial charge in [0.15, 0.2) is 6.10 Å². The van der Waals surface area contributed by atoms with Crippen LogP contribution in [0.1, 0.15) is 37.7 Å². The van der Waals surface area contributed by atoms with Crippen LogP contribution in [0.4, 0.5) is 8.78 Å².